The molecular formula is C16H17BrN2OS. The summed E-state index contributed by atoms with van der Waals surface area (Å²) in [4.78, 5) is 4.48. The molecule has 1 fully saturated rings. The van der Waals surface area contributed by atoms with Gasteiger partial charge in [0.25, 0.3) is 0 Å². The van der Waals surface area contributed by atoms with E-state index in [4.69, 9.17) is 4.74 Å². The van der Waals surface area contributed by atoms with Crippen LogP contribution in [0.4, 0.5) is 0 Å². The van der Waals surface area contributed by atoms with Crippen LogP contribution >= 0.6 is 27.7 Å². The van der Waals surface area contributed by atoms with Crippen LogP contribution < -0.4 is 5.32 Å². The van der Waals surface area contributed by atoms with Crippen LogP contribution in [0, 0.1) is 0 Å². The minimum atomic E-state index is 0.164. The number of ether oxygens (including phenoxy) is 1. The van der Waals surface area contributed by atoms with E-state index in [0.29, 0.717) is 0 Å². The number of rotatable bonds is 4. The third-order valence-corrected chi connectivity index (χ3v) is 5.15. The zero-order valence-corrected chi connectivity index (χ0v) is 13.9. The van der Waals surface area contributed by atoms with E-state index >= 15 is 0 Å². The lowest BCUT2D eigenvalue weighted by atomic mass is 10.1. The molecule has 2 aromatic rings. The number of halogens is 1. The topological polar surface area (TPSA) is 34.1 Å². The van der Waals surface area contributed by atoms with Gasteiger partial charge in [0.2, 0.25) is 0 Å². The van der Waals surface area contributed by atoms with Gasteiger partial charge in [0.05, 0.1) is 23.0 Å². The Hall–Kier alpha value is -0.880. The average molecular weight is 365 g/mol. The van der Waals surface area contributed by atoms with Gasteiger partial charge in [-0.15, -0.1) is 0 Å². The minimum Gasteiger partial charge on any atom is -0.374 e. The molecule has 1 aromatic heterocycles. The number of morpholine rings is 1. The van der Waals surface area contributed by atoms with E-state index in [1.54, 1.807) is 11.8 Å². The fourth-order valence-electron chi connectivity index (χ4n) is 2.34. The lowest BCUT2D eigenvalue weighted by Crippen LogP contribution is -2.41. The van der Waals surface area contributed by atoms with Crippen molar-refractivity contribution in [2.45, 2.75) is 16.4 Å². The Bertz CT molecular complexity index is 558. The molecule has 0 aliphatic carbocycles. The second-order valence-electron chi connectivity index (χ2n) is 4.88. The van der Waals surface area contributed by atoms with Gasteiger partial charge < -0.3 is 10.1 Å². The van der Waals surface area contributed by atoms with Crippen LogP contribution in [-0.2, 0) is 4.74 Å². The fourth-order valence-corrected chi connectivity index (χ4v) is 3.72. The predicted molar refractivity (Wildman–Crippen MR) is 89.6 cm³/mol. The molecule has 5 heteroatoms. The van der Waals surface area contributed by atoms with Crippen molar-refractivity contribution in [2.75, 3.05) is 19.7 Å². The van der Waals surface area contributed by atoms with Crippen molar-refractivity contribution in [1.29, 1.82) is 0 Å². The number of hydrogen-bond donors (Lipinski definition) is 1. The number of nitrogens with one attached hydrogen (secondary N) is 1. The largest absolute Gasteiger partial charge is 0.374 e. The maximum Gasteiger partial charge on any atom is 0.0967 e. The number of hydrogen-bond acceptors (Lipinski definition) is 4. The molecule has 2 atom stereocenters. The van der Waals surface area contributed by atoms with E-state index in [-0.39, 0.29) is 11.4 Å². The van der Waals surface area contributed by atoms with Gasteiger partial charge in [0.1, 0.15) is 0 Å². The van der Waals surface area contributed by atoms with Crippen LogP contribution in [0.3, 0.4) is 0 Å². The molecule has 0 radical (unpaired) electrons. The molecule has 0 spiro atoms. The Morgan fingerprint density at radius 2 is 2.10 bits per heavy atom. The van der Waals surface area contributed by atoms with E-state index < -0.39 is 0 Å². The molecule has 1 aliphatic heterocycles. The highest BCUT2D eigenvalue weighted by Gasteiger charge is 2.27. The first-order valence-electron chi connectivity index (χ1n) is 6.98. The van der Waals surface area contributed by atoms with Gasteiger partial charge in [-0.2, -0.15) is 0 Å². The number of pyridine rings is 1. The quantitative estimate of drug-likeness (QED) is 0.839. The normalized spacial score (nSPS) is 20.1. The zero-order valence-electron chi connectivity index (χ0n) is 11.5. The smallest absolute Gasteiger partial charge is 0.0967 e. The van der Waals surface area contributed by atoms with Crippen LogP contribution in [0.25, 0.3) is 0 Å². The standard InChI is InChI=1S/C16H17BrN2OS/c17-13-6-7-15(19-10-13)21-16(12-4-2-1-3-5-12)14-11-18-8-9-20-14/h1-7,10,14,16,18H,8-9,11H2/t14-,16-/m0/s1. The van der Waals surface area contributed by atoms with Crippen molar-refractivity contribution in [3.8, 4) is 0 Å². The SMILES string of the molecule is Brc1ccc(S[C@@H](c2ccccc2)[C@@H]2CNCCO2)nc1. The van der Waals surface area contributed by atoms with Gasteiger partial charge in [0, 0.05) is 23.8 Å². The van der Waals surface area contributed by atoms with E-state index in [2.05, 4.69) is 50.5 Å². The van der Waals surface area contributed by atoms with E-state index in [9.17, 15) is 0 Å². The Balaban J connectivity index is 1.83. The summed E-state index contributed by atoms with van der Waals surface area (Å²) in [5, 5.41) is 4.67. The van der Waals surface area contributed by atoms with Gasteiger partial charge in [-0.1, -0.05) is 42.1 Å². The van der Waals surface area contributed by atoms with Crippen LogP contribution in [0.5, 0.6) is 0 Å². The maximum absolute atomic E-state index is 5.97. The van der Waals surface area contributed by atoms with Crippen molar-refractivity contribution in [3.63, 3.8) is 0 Å². The zero-order chi connectivity index (χ0) is 14.5. The molecule has 1 aromatic carbocycles. The molecule has 110 valence electrons. The van der Waals surface area contributed by atoms with Crippen molar-refractivity contribution in [1.82, 2.24) is 10.3 Å². The number of benzene rings is 1. The number of aromatic nitrogens is 1. The molecule has 1 saturated heterocycles. The lowest BCUT2D eigenvalue weighted by molar-refractivity contribution is 0.0273. The molecule has 3 nitrogen and oxygen atoms in total. The van der Waals surface area contributed by atoms with Gasteiger partial charge >= 0.3 is 0 Å². The van der Waals surface area contributed by atoms with Gasteiger partial charge in [-0.05, 0) is 33.6 Å². The van der Waals surface area contributed by atoms with Crippen molar-refractivity contribution < 1.29 is 4.74 Å². The highest BCUT2D eigenvalue weighted by Crippen LogP contribution is 2.38. The summed E-state index contributed by atoms with van der Waals surface area (Å²) in [6, 6.07) is 14.6. The minimum absolute atomic E-state index is 0.164. The summed E-state index contributed by atoms with van der Waals surface area (Å²) >= 11 is 5.19. The Morgan fingerprint density at radius 1 is 1.24 bits per heavy atom. The summed E-state index contributed by atoms with van der Waals surface area (Å²) in [5.41, 5.74) is 1.28. The maximum atomic E-state index is 5.97. The molecule has 0 saturated carbocycles. The Kier molecular flexibility index (Phi) is 5.30. The lowest BCUT2D eigenvalue weighted by Gasteiger charge is -2.30. The Morgan fingerprint density at radius 3 is 2.76 bits per heavy atom. The Labute approximate surface area is 137 Å². The van der Waals surface area contributed by atoms with Gasteiger partial charge in [0.15, 0.2) is 0 Å². The van der Waals surface area contributed by atoms with E-state index in [0.717, 1.165) is 29.2 Å². The molecule has 0 unspecified atom stereocenters. The first-order chi connectivity index (χ1) is 10.3. The summed E-state index contributed by atoms with van der Waals surface area (Å²) in [5.74, 6) is 0. The molecule has 0 amide bonds. The highest BCUT2D eigenvalue weighted by atomic mass is 79.9. The predicted octanol–water partition coefficient (Wildman–Crippen LogP) is 3.67. The monoisotopic (exact) mass is 364 g/mol. The van der Waals surface area contributed by atoms with Crippen molar-refractivity contribution in [3.05, 3.63) is 58.7 Å². The summed E-state index contributed by atoms with van der Waals surface area (Å²) in [6.45, 7) is 2.57. The highest BCUT2D eigenvalue weighted by molar-refractivity contribution is 9.10. The number of nitrogens with zero attached hydrogens (tertiary/aromatic N) is 1. The first kappa shape index (κ1) is 15.0. The van der Waals surface area contributed by atoms with Crippen LogP contribution in [0.15, 0.2) is 58.2 Å². The van der Waals surface area contributed by atoms with Crippen LogP contribution in [-0.4, -0.2) is 30.8 Å². The second-order valence-corrected chi connectivity index (χ2v) is 6.95. The summed E-state index contributed by atoms with van der Waals surface area (Å²) in [6.07, 6.45) is 2.00. The third kappa shape index (κ3) is 4.07. The molecule has 0 bridgehead atoms. The van der Waals surface area contributed by atoms with Crippen LogP contribution in [0.1, 0.15) is 10.8 Å². The van der Waals surface area contributed by atoms with Crippen molar-refractivity contribution >= 4 is 27.7 Å². The van der Waals surface area contributed by atoms with E-state index in [1.165, 1.54) is 5.56 Å². The molecular weight excluding hydrogens is 348 g/mol. The molecule has 3 rings (SSSR count). The van der Waals surface area contributed by atoms with Crippen molar-refractivity contribution in [2.24, 2.45) is 0 Å². The van der Waals surface area contributed by atoms with Gasteiger partial charge in [-0.3, -0.25) is 0 Å². The molecule has 1 N–H and O–H groups in total. The summed E-state index contributed by atoms with van der Waals surface area (Å²) in [7, 11) is 0. The van der Waals surface area contributed by atoms with Crippen LogP contribution in [0.2, 0.25) is 0 Å². The molecule has 21 heavy (non-hydrogen) atoms. The van der Waals surface area contributed by atoms with Gasteiger partial charge in [-0.25, -0.2) is 4.98 Å². The van der Waals surface area contributed by atoms with E-state index in [1.807, 2.05) is 24.4 Å². The second kappa shape index (κ2) is 7.40. The average Bonchev–Trinajstić information content (AvgIpc) is 2.56. The summed E-state index contributed by atoms with van der Waals surface area (Å²) < 4.78 is 6.97. The fraction of sp³-hybridized carbons (Fsp3) is 0.312. The third-order valence-electron chi connectivity index (χ3n) is 3.37. The first-order valence-corrected chi connectivity index (χ1v) is 8.66. The molecule has 1 aliphatic rings. The number of thioether (sulfide) groups is 1. The molecule has 2 heterocycles.